The molecule has 2 N–H and O–H groups in total. The molecule has 3 aromatic rings. The molecule has 5 rings (SSSR count). The fourth-order valence-electron chi connectivity index (χ4n) is 4.69. The van der Waals surface area contributed by atoms with Gasteiger partial charge in [-0.2, -0.15) is 5.43 Å². The van der Waals surface area contributed by atoms with Gasteiger partial charge in [0.1, 0.15) is 12.2 Å². The highest BCUT2D eigenvalue weighted by atomic mass is 16.2. The predicted octanol–water partition coefficient (Wildman–Crippen LogP) is 3.06. The second-order valence-corrected chi connectivity index (χ2v) is 8.80. The lowest BCUT2D eigenvalue weighted by Gasteiger charge is -2.36. The van der Waals surface area contributed by atoms with Gasteiger partial charge in [-0.05, 0) is 42.7 Å². The van der Waals surface area contributed by atoms with Crippen molar-refractivity contribution in [3.8, 4) is 11.1 Å². The summed E-state index contributed by atoms with van der Waals surface area (Å²) in [5, 5.41) is 4.11. The molecule has 4 amide bonds. The first kappa shape index (κ1) is 21.7. The molecule has 174 valence electrons. The summed E-state index contributed by atoms with van der Waals surface area (Å²) in [6, 6.07) is 15.0. The number of urea groups is 1. The summed E-state index contributed by atoms with van der Waals surface area (Å²) in [6.45, 7) is 3.71. The number of fused-ring (bicyclic) bond motifs is 3. The molecule has 1 aromatic heterocycles. The summed E-state index contributed by atoms with van der Waals surface area (Å²) in [6.07, 6.45) is 1.13. The van der Waals surface area contributed by atoms with Crippen LogP contribution in [0.1, 0.15) is 21.6 Å². The maximum atomic E-state index is 13.5. The molecule has 1 fully saturated rings. The van der Waals surface area contributed by atoms with Gasteiger partial charge in [-0.15, -0.1) is 0 Å². The number of anilines is 2. The van der Waals surface area contributed by atoms with E-state index in [9.17, 15) is 14.4 Å². The van der Waals surface area contributed by atoms with Crippen molar-refractivity contribution in [1.82, 2.24) is 19.9 Å². The van der Waals surface area contributed by atoms with Gasteiger partial charge >= 0.3 is 6.03 Å². The van der Waals surface area contributed by atoms with E-state index in [0.29, 0.717) is 17.1 Å². The Morgan fingerprint density at radius 1 is 1.03 bits per heavy atom. The van der Waals surface area contributed by atoms with Crippen molar-refractivity contribution >= 4 is 29.2 Å². The third-order valence-corrected chi connectivity index (χ3v) is 6.13. The molecule has 9 nitrogen and oxygen atoms in total. The summed E-state index contributed by atoms with van der Waals surface area (Å²) in [4.78, 5) is 42.5. The van der Waals surface area contributed by atoms with Crippen LogP contribution in [-0.2, 0) is 11.8 Å². The van der Waals surface area contributed by atoms with Gasteiger partial charge in [-0.1, -0.05) is 36.4 Å². The second-order valence-electron chi connectivity index (χ2n) is 8.80. The van der Waals surface area contributed by atoms with E-state index < -0.39 is 12.3 Å². The molecule has 9 heteroatoms. The van der Waals surface area contributed by atoms with Crippen LogP contribution in [0.3, 0.4) is 0 Å². The van der Waals surface area contributed by atoms with Gasteiger partial charge in [-0.25, -0.2) is 9.80 Å². The number of aromatic nitrogens is 1. The number of hydrogen-bond donors (Lipinski definition) is 2. The van der Waals surface area contributed by atoms with Crippen molar-refractivity contribution < 1.29 is 14.4 Å². The van der Waals surface area contributed by atoms with E-state index >= 15 is 0 Å². The van der Waals surface area contributed by atoms with E-state index in [-0.39, 0.29) is 18.4 Å². The van der Waals surface area contributed by atoms with Crippen molar-refractivity contribution in [2.45, 2.75) is 20.1 Å². The molecule has 0 saturated carbocycles. The first-order chi connectivity index (χ1) is 16.2. The largest absolute Gasteiger partial charge is 0.344 e. The Kier molecular flexibility index (Phi) is 5.13. The van der Waals surface area contributed by atoms with Crippen LogP contribution < -0.4 is 15.6 Å². The van der Waals surface area contributed by atoms with E-state index in [1.165, 1.54) is 9.91 Å². The Balaban J connectivity index is 1.45. The summed E-state index contributed by atoms with van der Waals surface area (Å²) in [7, 11) is 3.43. The van der Waals surface area contributed by atoms with Crippen LogP contribution in [-0.4, -0.2) is 52.2 Å². The summed E-state index contributed by atoms with van der Waals surface area (Å²) < 4.78 is 1.75. The first-order valence-corrected chi connectivity index (χ1v) is 11.0. The Morgan fingerprint density at radius 3 is 2.38 bits per heavy atom. The molecule has 1 saturated heterocycles. The highest BCUT2D eigenvalue weighted by Crippen LogP contribution is 2.41. The SMILES string of the molecule is Cc1cc(C)cc(NC(=O)CN2NC3N(C)C(=O)c4c(c(-c5ccccc5)cn4C)N3C2=O)c1. The second kappa shape index (κ2) is 8.03. The molecule has 34 heavy (non-hydrogen) atoms. The van der Waals surface area contributed by atoms with Crippen molar-refractivity contribution in [3.63, 3.8) is 0 Å². The van der Waals surface area contributed by atoms with E-state index in [0.717, 1.165) is 22.3 Å². The lowest BCUT2D eigenvalue weighted by molar-refractivity contribution is -0.117. The summed E-state index contributed by atoms with van der Waals surface area (Å²) in [5.41, 5.74) is 8.42. The van der Waals surface area contributed by atoms with Gasteiger partial charge in [0.15, 0.2) is 6.29 Å². The van der Waals surface area contributed by atoms with Gasteiger partial charge in [0.25, 0.3) is 5.91 Å². The van der Waals surface area contributed by atoms with Crippen LogP contribution >= 0.6 is 0 Å². The molecule has 2 aromatic carbocycles. The van der Waals surface area contributed by atoms with Gasteiger partial charge in [-0.3, -0.25) is 14.5 Å². The van der Waals surface area contributed by atoms with Crippen molar-refractivity contribution in [2.75, 3.05) is 23.8 Å². The number of benzene rings is 2. The first-order valence-electron chi connectivity index (χ1n) is 11.0. The molecule has 0 spiro atoms. The molecular formula is C25H26N6O3. The number of aryl methyl sites for hydroxylation is 3. The smallest absolute Gasteiger partial charge is 0.342 e. The number of hydrazine groups is 1. The number of carbonyl (C=O) groups is 3. The highest BCUT2D eigenvalue weighted by Gasteiger charge is 2.49. The van der Waals surface area contributed by atoms with Crippen molar-refractivity contribution in [1.29, 1.82) is 0 Å². The zero-order valence-electron chi connectivity index (χ0n) is 19.5. The zero-order valence-corrected chi connectivity index (χ0v) is 19.5. The van der Waals surface area contributed by atoms with Crippen molar-refractivity contribution in [3.05, 3.63) is 71.5 Å². The van der Waals surface area contributed by atoms with Gasteiger partial charge in [0.05, 0.1) is 5.69 Å². The Hall–Kier alpha value is -4.11. The maximum Gasteiger partial charge on any atom is 0.342 e. The Labute approximate surface area is 197 Å². The predicted molar refractivity (Wildman–Crippen MR) is 129 cm³/mol. The highest BCUT2D eigenvalue weighted by molar-refractivity contribution is 6.12. The summed E-state index contributed by atoms with van der Waals surface area (Å²) >= 11 is 0. The lowest BCUT2D eigenvalue weighted by atomic mass is 10.0. The molecule has 2 aliphatic heterocycles. The third-order valence-electron chi connectivity index (χ3n) is 6.13. The van der Waals surface area contributed by atoms with Crippen molar-refractivity contribution in [2.24, 2.45) is 7.05 Å². The Morgan fingerprint density at radius 2 is 1.71 bits per heavy atom. The van der Waals surface area contributed by atoms with Crippen LogP contribution in [0.15, 0.2) is 54.7 Å². The number of rotatable bonds is 4. The minimum absolute atomic E-state index is 0.205. The van der Waals surface area contributed by atoms with Crippen LogP contribution in [0, 0.1) is 13.8 Å². The number of carbonyl (C=O) groups excluding carboxylic acids is 3. The normalized spacial score (nSPS) is 17.2. The number of hydrogen-bond acceptors (Lipinski definition) is 4. The Bertz CT molecular complexity index is 1300. The van der Waals surface area contributed by atoms with Crippen LogP contribution in [0.25, 0.3) is 11.1 Å². The minimum atomic E-state index is -0.730. The number of nitrogens with one attached hydrogen (secondary N) is 2. The van der Waals surface area contributed by atoms with Gasteiger partial charge in [0, 0.05) is 31.5 Å². The molecule has 1 unspecified atom stereocenters. The summed E-state index contributed by atoms with van der Waals surface area (Å²) in [5.74, 6) is -0.543. The van der Waals surface area contributed by atoms with Crippen LogP contribution in [0.4, 0.5) is 16.2 Å². The average molecular weight is 459 g/mol. The maximum absolute atomic E-state index is 13.5. The molecule has 3 heterocycles. The lowest BCUT2D eigenvalue weighted by Crippen LogP contribution is -2.56. The average Bonchev–Trinajstić information content (AvgIpc) is 3.29. The number of amides is 4. The van der Waals surface area contributed by atoms with Gasteiger partial charge in [0.2, 0.25) is 5.91 Å². The quantitative estimate of drug-likeness (QED) is 0.629. The van der Waals surface area contributed by atoms with E-state index in [2.05, 4.69) is 10.7 Å². The third kappa shape index (κ3) is 3.50. The molecular weight excluding hydrogens is 432 g/mol. The van der Waals surface area contributed by atoms with E-state index in [1.807, 2.05) is 68.6 Å². The van der Waals surface area contributed by atoms with Gasteiger partial charge < -0.3 is 14.8 Å². The number of nitrogens with zero attached hydrogens (tertiary/aromatic N) is 4. The molecule has 0 radical (unpaired) electrons. The topological polar surface area (TPSA) is 89.9 Å². The fourth-order valence-corrected chi connectivity index (χ4v) is 4.69. The van der Waals surface area contributed by atoms with E-state index in [1.54, 1.807) is 23.6 Å². The monoisotopic (exact) mass is 458 g/mol. The minimum Gasteiger partial charge on any atom is -0.344 e. The standard InChI is InChI=1S/C25H26N6O3/c1-15-10-16(2)12-18(11-15)26-20(32)14-30-25(34)31-21-19(17-8-6-5-7-9-17)13-28(3)22(21)23(33)29(4)24(31)27-30/h5-13,24,27H,14H2,1-4H3,(H,26,32). The molecule has 2 aliphatic rings. The van der Waals surface area contributed by atoms with E-state index in [4.69, 9.17) is 0 Å². The fraction of sp³-hybridized carbons (Fsp3) is 0.240. The van der Waals surface area contributed by atoms with Crippen LogP contribution in [0.2, 0.25) is 0 Å². The molecule has 0 bridgehead atoms. The van der Waals surface area contributed by atoms with Crippen LogP contribution in [0.5, 0.6) is 0 Å². The zero-order chi connectivity index (χ0) is 24.1. The molecule has 1 atom stereocenters. The molecule has 0 aliphatic carbocycles.